The van der Waals surface area contributed by atoms with Gasteiger partial charge in [-0.1, -0.05) is 12.1 Å². The number of benzene rings is 1. The van der Waals surface area contributed by atoms with Crippen LogP contribution in [0.1, 0.15) is 12.2 Å². The smallest absolute Gasteiger partial charge is 0.321 e. The summed E-state index contributed by atoms with van der Waals surface area (Å²) in [5.74, 6) is 0.186. The lowest BCUT2D eigenvalue weighted by molar-refractivity contribution is -0.122. The van der Waals surface area contributed by atoms with Gasteiger partial charge in [0.1, 0.15) is 11.9 Å². The van der Waals surface area contributed by atoms with Crippen LogP contribution < -0.4 is 5.73 Å². The van der Waals surface area contributed by atoms with Crippen LogP contribution in [0.3, 0.4) is 0 Å². The summed E-state index contributed by atoms with van der Waals surface area (Å²) in [5.41, 5.74) is 7.25. The fraction of sp³-hybridized carbons (Fsp3) is 0.438. The standard InChI is InChI=1S/C16H21N5O3/c1-19-12-5-3-2-4-11(12)18-14(19)10-20-7-8-21(16(20)24)13(6-9-22)15(17)23/h2-5,13,22H,6-10H2,1H3,(H2,17,23). The number of aryl methyl sites for hydroxylation is 1. The van der Waals surface area contributed by atoms with E-state index in [9.17, 15) is 9.59 Å². The fourth-order valence-electron chi connectivity index (χ4n) is 3.12. The zero-order valence-electron chi connectivity index (χ0n) is 13.6. The molecule has 1 atom stereocenters. The molecule has 1 aromatic heterocycles. The second-order valence-corrected chi connectivity index (χ2v) is 5.90. The van der Waals surface area contributed by atoms with Gasteiger partial charge in [0.05, 0.1) is 17.6 Å². The number of fused-ring (bicyclic) bond motifs is 1. The third-order valence-electron chi connectivity index (χ3n) is 4.45. The molecule has 0 saturated carbocycles. The highest BCUT2D eigenvalue weighted by atomic mass is 16.3. The van der Waals surface area contributed by atoms with Crippen LogP contribution >= 0.6 is 0 Å². The maximum Gasteiger partial charge on any atom is 0.321 e. The topological polar surface area (TPSA) is 105 Å². The molecule has 8 nitrogen and oxygen atoms in total. The van der Waals surface area contributed by atoms with Gasteiger partial charge < -0.3 is 25.2 Å². The van der Waals surface area contributed by atoms with Gasteiger partial charge >= 0.3 is 6.03 Å². The van der Waals surface area contributed by atoms with Crippen LogP contribution in [-0.4, -0.2) is 62.1 Å². The monoisotopic (exact) mass is 331 g/mol. The van der Waals surface area contributed by atoms with Gasteiger partial charge in [0.2, 0.25) is 5.91 Å². The predicted octanol–water partition coefficient (Wildman–Crippen LogP) is 0.0472. The highest BCUT2D eigenvalue weighted by molar-refractivity contribution is 5.87. The first kappa shape index (κ1) is 16.3. The molecular formula is C16H21N5O3. The average molecular weight is 331 g/mol. The number of aromatic nitrogens is 2. The van der Waals surface area contributed by atoms with Gasteiger partial charge in [-0.15, -0.1) is 0 Å². The highest BCUT2D eigenvalue weighted by Gasteiger charge is 2.36. The summed E-state index contributed by atoms with van der Waals surface area (Å²) in [4.78, 5) is 31.8. The molecule has 0 radical (unpaired) electrons. The molecule has 128 valence electrons. The largest absolute Gasteiger partial charge is 0.396 e. The van der Waals surface area contributed by atoms with Gasteiger partial charge in [0.25, 0.3) is 0 Å². The van der Waals surface area contributed by atoms with E-state index in [-0.39, 0.29) is 19.1 Å². The van der Waals surface area contributed by atoms with Crippen LogP contribution in [0.2, 0.25) is 0 Å². The Labute approximate surface area is 139 Å². The second kappa shape index (κ2) is 6.48. The summed E-state index contributed by atoms with van der Waals surface area (Å²) in [6.07, 6.45) is 0.154. The van der Waals surface area contributed by atoms with Crippen molar-refractivity contribution in [2.24, 2.45) is 12.8 Å². The van der Waals surface area contributed by atoms with Crippen molar-refractivity contribution in [2.45, 2.75) is 19.0 Å². The molecular weight excluding hydrogens is 310 g/mol. The number of rotatable bonds is 6. The SMILES string of the molecule is Cn1c(CN2CCN(C(CCO)C(N)=O)C2=O)nc2ccccc21. The minimum atomic E-state index is -0.770. The lowest BCUT2D eigenvalue weighted by Crippen LogP contribution is -2.47. The number of carbonyl (C=O) groups excluding carboxylic acids is 2. The number of aliphatic hydroxyl groups excluding tert-OH is 1. The lowest BCUT2D eigenvalue weighted by atomic mass is 10.2. The number of aliphatic hydroxyl groups is 1. The molecule has 2 aromatic rings. The summed E-state index contributed by atoms with van der Waals surface area (Å²) in [7, 11) is 1.92. The summed E-state index contributed by atoms with van der Waals surface area (Å²) < 4.78 is 1.96. The number of carbonyl (C=O) groups is 2. The second-order valence-electron chi connectivity index (χ2n) is 5.90. The molecule has 24 heavy (non-hydrogen) atoms. The molecule has 3 rings (SSSR count). The Morgan fingerprint density at radius 2 is 2.12 bits per heavy atom. The highest BCUT2D eigenvalue weighted by Crippen LogP contribution is 2.20. The first-order valence-electron chi connectivity index (χ1n) is 7.89. The third-order valence-corrected chi connectivity index (χ3v) is 4.45. The molecule has 3 N–H and O–H groups in total. The Kier molecular flexibility index (Phi) is 4.39. The van der Waals surface area contributed by atoms with E-state index >= 15 is 0 Å². The van der Waals surface area contributed by atoms with Gasteiger partial charge in [-0.05, 0) is 18.6 Å². The molecule has 0 bridgehead atoms. The quantitative estimate of drug-likeness (QED) is 0.780. The van der Waals surface area contributed by atoms with Crippen LogP contribution in [0, 0.1) is 0 Å². The zero-order chi connectivity index (χ0) is 17.3. The van der Waals surface area contributed by atoms with Gasteiger partial charge in [-0.3, -0.25) is 4.79 Å². The molecule has 0 aliphatic carbocycles. The maximum absolute atomic E-state index is 12.6. The molecule has 3 amide bonds. The van der Waals surface area contributed by atoms with Crippen molar-refractivity contribution in [3.8, 4) is 0 Å². The van der Waals surface area contributed by atoms with E-state index in [0.29, 0.717) is 19.6 Å². The minimum absolute atomic E-state index is 0.154. The number of para-hydroxylation sites is 2. The van der Waals surface area contributed by atoms with Crippen molar-refractivity contribution in [1.29, 1.82) is 0 Å². The number of urea groups is 1. The minimum Gasteiger partial charge on any atom is -0.396 e. The Morgan fingerprint density at radius 1 is 1.38 bits per heavy atom. The van der Waals surface area contributed by atoms with Crippen molar-refractivity contribution in [3.63, 3.8) is 0 Å². The van der Waals surface area contributed by atoms with Crippen molar-refractivity contribution in [2.75, 3.05) is 19.7 Å². The Bertz CT molecular complexity index is 772. The molecule has 1 aliphatic rings. The van der Waals surface area contributed by atoms with Gasteiger partial charge in [0, 0.05) is 26.7 Å². The van der Waals surface area contributed by atoms with Crippen LogP contribution in [0.15, 0.2) is 24.3 Å². The number of nitrogens with two attached hydrogens (primary N) is 1. The number of imidazole rings is 1. The molecule has 1 aromatic carbocycles. The normalized spacial score (nSPS) is 16.2. The van der Waals surface area contributed by atoms with Gasteiger partial charge in [-0.2, -0.15) is 0 Å². The molecule has 1 fully saturated rings. The van der Waals surface area contributed by atoms with Crippen molar-refractivity contribution in [1.82, 2.24) is 19.4 Å². The number of hydrogen-bond donors (Lipinski definition) is 2. The number of hydrogen-bond acceptors (Lipinski definition) is 4. The predicted molar refractivity (Wildman–Crippen MR) is 87.9 cm³/mol. The molecule has 2 heterocycles. The molecule has 1 aliphatic heterocycles. The molecule has 1 unspecified atom stereocenters. The van der Waals surface area contributed by atoms with Crippen molar-refractivity contribution in [3.05, 3.63) is 30.1 Å². The van der Waals surface area contributed by atoms with Crippen LogP contribution in [-0.2, 0) is 18.4 Å². The van der Waals surface area contributed by atoms with E-state index in [4.69, 9.17) is 10.8 Å². The van der Waals surface area contributed by atoms with E-state index in [1.807, 2.05) is 35.9 Å². The summed E-state index contributed by atoms with van der Waals surface area (Å²) in [6, 6.07) is 6.76. The Morgan fingerprint density at radius 3 is 2.79 bits per heavy atom. The van der Waals surface area contributed by atoms with Gasteiger partial charge in [0.15, 0.2) is 0 Å². The third kappa shape index (κ3) is 2.80. The van der Waals surface area contributed by atoms with Crippen LogP contribution in [0.25, 0.3) is 11.0 Å². The summed E-state index contributed by atoms with van der Waals surface area (Å²) >= 11 is 0. The molecule has 0 spiro atoms. The lowest BCUT2D eigenvalue weighted by Gasteiger charge is -2.24. The van der Waals surface area contributed by atoms with E-state index in [2.05, 4.69) is 4.98 Å². The zero-order valence-corrected chi connectivity index (χ0v) is 13.6. The average Bonchev–Trinajstić information content (AvgIpc) is 3.07. The van der Waals surface area contributed by atoms with Crippen molar-refractivity contribution < 1.29 is 14.7 Å². The number of primary amides is 1. The first-order valence-corrected chi connectivity index (χ1v) is 7.89. The Balaban J connectivity index is 1.77. The summed E-state index contributed by atoms with van der Waals surface area (Å²) in [5, 5.41) is 9.08. The number of amides is 3. The maximum atomic E-state index is 12.6. The van der Waals surface area contributed by atoms with Crippen LogP contribution in [0.5, 0.6) is 0 Å². The fourth-order valence-corrected chi connectivity index (χ4v) is 3.12. The van der Waals surface area contributed by atoms with Gasteiger partial charge in [-0.25, -0.2) is 9.78 Å². The van der Waals surface area contributed by atoms with E-state index in [0.717, 1.165) is 16.9 Å². The Hall–Kier alpha value is -2.61. The van der Waals surface area contributed by atoms with Crippen LogP contribution in [0.4, 0.5) is 4.79 Å². The van der Waals surface area contributed by atoms with E-state index in [1.165, 1.54) is 4.90 Å². The molecule has 8 heteroatoms. The molecule has 1 saturated heterocycles. The van der Waals surface area contributed by atoms with Crippen molar-refractivity contribution >= 4 is 23.0 Å². The van der Waals surface area contributed by atoms with E-state index < -0.39 is 11.9 Å². The summed E-state index contributed by atoms with van der Waals surface area (Å²) in [6.45, 7) is 1.08. The first-order chi connectivity index (χ1) is 11.5. The number of nitrogens with zero attached hydrogens (tertiary/aromatic N) is 4. The van der Waals surface area contributed by atoms with E-state index in [1.54, 1.807) is 4.90 Å².